The molecule has 140 valence electrons. The number of carbonyl (C=O) groups excluding carboxylic acids is 1. The Kier molecular flexibility index (Phi) is 5.05. The second-order valence-corrected chi connectivity index (χ2v) is 7.61. The van der Waals surface area contributed by atoms with Gasteiger partial charge < -0.3 is 10.1 Å². The van der Waals surface area contributed by atoms with Gasteiger partial charge in [0.25, 0.3) is 0 Å². The zero-order chi connectivity index (χ0) is 18.8. The van der Waals surface area contributed by atoms with Gasteiger partial charge in [-0.2, -0.15) is 0 Å². The molecule has 0 saturated carbocycles. The van der Waals surface area contributed by atoms with Crippen LogP contribution < -0.4 is 10.1 Å². The number of thiazole rings is 1. The summed E-state index contributed by atoms with van der Waals surface area (Å²) in [6.45, 7) is 1.64. The number of nitrogens with one attached hydrogen (secondary N) is 1. The fourth-order valence-electron chi connectivity index (χ4n) is 3.49. The van der Waals surface area contributed by atoms with Crippen molar-refractivity contribution in [1.29, 1.82) is 0 Å². The van der Waals surface area contributed by atoms with Gasteiger partial charge in [-0.05, 0) is 31.0 Å². The number of anilines is 1. The van der Waals surface area contributed by atoms with Crippen LogP contribution in [0.3, 0.4) is 0 Å². The molecule has 1 saturated heterocycles. The number of ether oxygens (including phenoxy) is 1. The first kappa shape index (κ1) is 17.9. The number of nitrogens with zero attached hydrogens (tertiary/aromatic N) is 2. The van der Waals surface area contributed by atoms with Crippen molar-refractivity contribution in [1.82, 2.24) is 9.88 Å². The maximum Gasteiger partial charge on any atom is 0.243 e. The molecule has 5 nitrogen and oxygen atoms in total. The molecule has 0 bridgehead atoms. The van der Waals surface area contributed by atoms with Crippen molar-refractivity contribution in [3.8, 4) is 5.75 Å². The van der Waals surface area contributed by atoms with Crippen LogP contribution in [0.1, 0.15) is 18.4 Å². The number of fused-ring (bicyclic) bond motifs is 1. The Morgan fingerprint density at radius 1 is 1.37 bits per heavy atom. The lowest BCUT2D eigenvalue weighted by atomic mass is 10.1. The maximum atomic E-state index is 13.7. The number of amides is 1. The van der Waals surface area contributed by atoms with E-state index >= 15 is 0 Å². The summed E-state index contributed by atoms with van der Waals surface area (Å²) in [6.07, 6.45) is 1.81. The Morgan fingerprint density at radius 2 is 2.19 bits per heavy atom. The fraction of sp³-hybridized carbons (Fsp3) is 0.300. The predicted molar refractivity (Wildman–Crippen MR) is 105 cm³/mol. The Morgan fingerprint density at radius 3 is 2.96 bits per heavy atom. The number of aromatic nitrogens is 1. The summed E-state index contributed by atoms with van der Waals surface area (Å²) in [6, 6.07) is 12.7. The molecule has 2 heterocycles. The number of rotatable bonds is 5. The summed E-state index contributed by atoms with van der Waals surface area (Å²) in [5.41, 5.74) is 1.75. The van der Waals surface area contributed by atoms with Crippen LogP contribution in [0.5, 0.6) is 5.75 Å². The molecule has 1 atom stereocenters. The highest BCUT2D eigenvalue weighted by atomic mass is 32.1. The lowest BCUT2D eigenvalue weighted by molar-refractivity contribution is -0.120. The highest BCUT2D eigenvalue weighted by Crippen LogP contribution is 2.33. The Balaban J connectivity index is 1.50. The van der Waals surface area contributed by atoms with E-state index in [2.05, 4.69) is 27.3 Å². The third-order valence-electron chi connectivity index (χ3n) is 4.77. The molecular weight excluding hydrogens is 365 g/mol. The summed E-state index contributed by atoms with van der Waals surface area (Å²) in [4.78, 5) is 19.4. The van der Waals surface area contributed by atoms with E-state index in [0.29, 0.717) is 21.1 Å². The number of likely N-dealkylation sites (tertiary alicyclic amines) is 1. The smallest absolute Gasteiger partial charge is 0.243 e. The Bertz CT molecular complexity index is 961. The van der Waals surface area contributed by atoms with Gasteiger partial charge in [-0.3, -0.25) is 9.69 Å². The lowest BCUT2D eigenvalue weighted by Gasteiger charge is -2.23. The maximum absolute atomic E-state index is 13.7. The van der Waals surface area contributed by atoms with Crippen molar-refractivity contribution in [2.24, 2.45) is 0 Å². The first-order chi connectivity index (χ1) is 13.1. The van der Waals surface area contributed by atoms with E-state index in [1.165, 1.54) is 36.1 Å². The van der Waals surface area contributed by atoms with Gasteiger partial charge in [0.15, 0.2) is 5.13 Å². The van der Waals surface area contributed by atoms with E-state index in [-0.39, 0.29) is 17.8 Å². The van der Waals surface area contributed by atoms with E-state index in [1.807, 2.05) is 18.2 Å². The molecule has 1 aromatic heterocycles. The van der Waals surface area contributed by atoms with E-state index in [1.54, 1.807) is 0 Å². The molecule has 2 aromatic carbocycles. The molecule has 1 N–H and O–H groups in total. The molecule has 1 aliphatic heterocycles. The molecule has 3 aromatic rings. The minimum Gasteiger partial charge on any atom is -0.494 e. The van der Waals surface area contributed by atoms with Crippen molar-refractivity contribution < 1.29 is 13.9 Å². The average Bonchev–Trinajstić information content (AvgIpc) is 3.28. The van der Waals surface area contributed by atoms with Crippen LogP contribution >= 0.6 is 11.3 Å². The predicted octanol–water partition coefficient (Wildman–Crippen LogP) is 4.05. The molecule has 4 rings (SSSR count). The standard InChI is InChI=1S/C20H20FN3O2S/c1-26-16-10-14(21)11-17-18(16)22-20(27-17)23-19(25)15-8-5-9-24(15)12-13-6-3-2-4-7-13/h2-4,6-7,10-11,15H,5,8-9,12H2,1H3,(H,22,23,25). The minimum absolute atomic E-state index is 0.0677. The van der Waals surface area contributed by atoms with Crippen LogP contribution in [0.15, 0.2) is 42.5 Å². The monoisotopic (exact) mass is 385 g/mol. The largest absolute Gasteiger partial charge is 0.494 e. The molecule has 1 fully saturated rings. The van der Waals surface area contributed by atoms with Gasteiger partial charge in [0.05, 0.1) is 17.9 Å². The van der Waals surface area contributed by atoms with Crippen LogP contribution in [0.4, 0.5) is 9.52 Å². The number of hydrogen-bond acceptors (Lipinski definition) is 5. The Labute approximate surface area is 160 Å². The average molecular weight is 385 g/mol. The van der Waals surface area contributed by atoms with Crippen LogP contribution in [-0.4, -0.2) is 35.5 Å². The van der Waals surface area contributed by atoms with E-state index in [0.717, 1.165) is 25.9 Å². The molecule has 1 aliphatic rings. The van der Waals surface area contributed by atoms with E-state index < -0.39 is 0 Å². The molecule has 0 spiro atoms. The van der Waals surface area contributed by atoms with Crippen molar-refractivity contribution in [2.75, 3.05) is 19.0 Å². The third-order valence-corrected chi connectivity index (χ3v) is 5.69. The van der Waals surface area contributed by atoms with Crippen molar-refractivity contribution in [2.45, 2.75) is 25.4 Å². The molecule has 27 heavy (non-hydrogen) atoms. The number of carbonyl (C=O) groups is 1. The van der Waals surface area contributed by atoms with Crippen molar-refractivity contribution in [3.63, 3.8) is 0 Å². The second kappa shape index (κ2) is 7.62. The number of halogens is 1. The molecule has 1 amide bonds. The van der Waals surface area contributed by atoms with Crippen LogP contribution in [0.25, 0.3) is 10.2 Å². The van der Waals surface area contributed by atoms with Gasteiger partial charge in [0.2, 0.25) is 5.91 Å². The summed E-state index contributed by atoms with van der Waals surface area (Å²) in [7, 11) is 1.48. The summed E-state index contributed by atoms with van der Waals surface area (Å²) < 4.78 is 19.5. The first-order valence-corrected chi connectivity index (χ1v) is 9.68. The fourth-order valence-corrected chi connectivity index (χ4v) is 4.41. The first-order valence-electron chi connectivity index (χ1n) is 8.87. The SMILES string of the molecule is COc1cc(F)cc2sc(NC(=O)C3CCCN3Cc3ccccc3)nc12. The number of hydrogen-bond donors (Lipinski definition) is 1. The molecule has 7 heteroatoms. The highest BCUT2D eigenvalue weighted by molar-refractivity contribution is 7.22. The Hall–Kier alpha value is -2.51. The van der Waals surface area contributed by atoms with Crippen molar-refractivity contribution >= 4 is 32.6 Å². The summed E-state index contributed by atoms with van der Waals surface area (Å²) in [5, 5.41) is 3.37. The lowest BCUT2D eigenvalue weighted by Crippen LogP contribution is -2.39. The van der Waals surface area contributed by atoms with E-state index in [4.69, 9.17) is 4.74 Å². The molecular formula is C20H20FN3O2S. The minimum atomic E-state index is -0.384. The number of methoxy groups -OCH3 is 1. The van der Waals surface area contributed by atoms with Crippen LogP contribution in [-0.2, 0) is 11.3 Å². The summed E-state index contributed by atoms with van der Waals surface area (Å²) >= 11 is 1.25. The van der Waals surface area contributed by atoms with Gasteiger partial charge in [0.1, 0.15) is 17.1 Å². The highest BCUT2D eigenvalue weighted by Gasteiger charge is 2.31. The van der Waals surface area contributed by atoms with Gasteiger partial charge >= 0.3 is 0 Å². The molecule has 0 radical (unpaired) electrons. The topological polar surface area (TPSA) is 54.5 Å². The summed E-state index contributed by atoms with van der Waals surface area (Å²) in [5.74, 6) is -0.0825. The second-order valence-electron chi connectivity index (χ2n) is 6.58. The zero-order valence-corrected chi connectivity index (χ0v) is 15.8. The van der Waals surface area contributed by atoms with Gasteiger partial charge in [-0.1, -0.05) is 41.7 Å². The normalized spacial score (nSPS) is 17.3. The molecule has 1 unspecified atom stereocenters. The third kappa shape index (κ3) is 3.79. The zero-order valence-electron chi connectivity index (χ0n) is 14.9. The van der Waals surface area contributed by atoms with E-state index in [9.17, 15) is 9.18 Å². The van der Waals surface area contributed by atoms with Gasteiger partial charge in [0, 0.05) is 12.6 Å². The number of benzene rings is 2. The molecule has 0 aliphatic carbocycles. The van der Waals surface area contributed by atoms with Crippen LogP contribution in [0, 0.1) is 5.82 Å². The van der Waals surface area contributed by atoms with Gasteiger partial charge in [-0.15, -0.1) is 0 Å². The quantitative estimate of drug-likeness (QED) is 0.720. The van der Waals surface area contributed by atoms with Crippen molar-refractivity contribution in [3.05, 3.63) is 53.8 Å². The van der Waals surface area contributed by atoms with Crippen LogP contribution in [0.2, 0.25) is 0 Å². The van der Waals surface area contributed by atoms with Gasteiger partial charge in [-0.25, -0.2) is 9.37 Å².